The average molecular weight is 329 g/mol. The SMILES string of the molecule is Cc1noc(C)c1S(=O)(=O)NCC(C1CCCCC1)N(C)C. The molecule has 1 aliphatic carbocycles. The lowest BCUT2D eigenvalue weighted by atomic mass is 9.83. The van der Waals surface area contributed by atoms with Gasteiger partial charge in [-0.25, -0.2) is 13.1 Å². The summed E-state index contributed by atoms with van der Waals surface area (Å²) in [5.41, 5.74) is 0.407. The minimum absolute atomic E-state index is 0.175. The van der Waals surface area contributed by atoms with Crippen LogP contribution in [0.4, 0.5) is 0 Å². The first-order chi connectivity index (χ1) is 10.3. The number of aryl methyl sites for hydroxylation is 2. The van der Waals surface area contributed by atoms with Crippen molar-refractivity contribution in [1.29, 1.82) is 0 Å². The third-order valence-corrected chi connectivity index (χ3v) is 6.24. The summed E-state index contributed by atoms with van der Waals surface area (Å²) >= 11 is 0. The van der Waals surface area contributed by atoms with Crippen LogP contribution in [0.15, 0.2) is 9.42 Å². The molecule has 1 saturated carbocycles. The molecule has 1 heterocycles. The van der Waals surface area contributed by atoms with Gasteiger partial charge in [0.1, 0.15) is 10.6 Å². The maximum absolute atomic E-state index is 12.5. The van der Waals surface area contributed by atoms with Crippen molar-refractivity contribution < 1.29 is 12.9 Å². The number of nitrogens with one attached hydrogen (secondary N) is 1. The van der Waals surface area contributed by atoms with Crippen LogP contribution in [-0.4, -0.2) is 45.2 Å². The molecule has 1 atom stereocenters. The normalized spacial score (nSPS) is 18.8. The van der Waals surface area contributed by atoms with Crippen molar-refractivity contribution in [3.8, 4) is 0 Å². The van der Waals surface area contributed by atoms with E-state index < -0.39 is 10.0 Å². The lowest BCUT2D eigenvalue weighted by molar-refractivity contribution is 0.172. The van der Waals surface area contributed by atoms with Crippen molar-refractivity contribution >= 4 is 10.0 Å². The van der Waals surface area contributed by atoms with Crippen molar-refractivity contribution in [2.75, 3.05) is 20.6 Å². The van der Waals surface area contributed by atoms with Crippen LogP contribution >= 0.6 is 0 Å². The quantitative estimate of drug-likeness (QED) is 0.865. The maximum atomic E-state index is 12.5. The van der Waals surface area contributed by atoms with Gasteiger partial charge in [0.2, 0.25) is 10.0 Å². The van der Waals surface area contributed by atoms with Crippen LogP contribution in [0.3, 0.4) is 0 Å². The number of likely N-dealkylation sites (N-methyl/N-ethyl adjacent to an activating group) is 1. The van der Waals surface area contributed by atoms with E-state index in [2.05, 4.69) is 14.8 Å². The summed E-state index contributed by atoms with van der Waals surface area (Å²) in [7, 11) is 0.456. The molecule has 6 nitrogen and oxygen atoms in total. The highest BCUT2D eigenvalue weighted by molar-refractivity contribution is 7.89. The van der Waals surface area contributed by atoms with Crippen molar-refractivity contribution in [3.05, 3.63) is 11.5 Å². The molecule has 1 N–H and O–H groups in total. The summed E-state index contributed by atoms with van der Waals surface area (Å²) in [6.07, 6.45) is 6.13. The Morgan fingerprint density at radius 1 is 1.27 bits per heavy atom. The lowest BCUT2D eigenvalue weighted by Crippen LogP contribution is -2.45. The highest BCUT2D eigenvalue weighted by atomic mass is 32.2. The Morgan fingerprint density at radius 2 is 1.91 bits per heavy atom. The molecule has 0 aromatic carbocycles. The van der Waals surface area contributed by atoms with E-state index in [0.717, 1.165) is 0 Å². The lowest BCUT2D eigenvalue weighted by Gasteiger charge is -2.34. The van der Waals surface area contributed by atoms with Crippen LogP contribution in [-0.2, 0) is 10.0 Å². The van der Waals surface area contributed by atoms with Crippen LogP contribution < -0.4 is 4.72 Å². The van der Waals surface area contributed by atoms with E-state index in [9.17, 15) is 8.42 Å². The number of nitrogens with zero attached hydrogens (tertiary/aromatic N) is 2. The molecule has 1 fully saturated rings. The van der Waals surface area contributed by atoms with Crippen molar-refractivity contribution in [3.63, 3.8) is 0 Å². The van der Waals surface area contributed by atoms with Crippen molar-refractivity contribution in [2.24, 2.45) is 5.92 Å². The molecular formula is C15H27N3O3S. The molecule has 1 aromatic heterocycles. The molecule has 7 heteroatoms. The van der Waals surface area contributed by atoms with Crippen molar-refractivity contribution in [1.82, 2.24) is 14.8 Å². The number of sulfonamides is 1. The summed E-state index contributed by atoms with van der Waals surface area (Å²) in [4.78, 5) is 2.31. The fraction of sp³-hybridized carbons (Fsp3) is 0.800. The predicted molar refractivity (Wildman–Crippen MR) is 85.2 cm³/mol. The Hall–Kier alpha value is -0.920. The molecule has 2 rings (SSSR count). The van der Waals surface area contributed by atoms with Gasteiger partial charge >= 0.3 is 0 Å². The number of aromatic nitrogens is 1. The maximum Gasteiger partial charge on any atom is 0.246 e. The molecule has 0 amide bonds. The standard InChI is InChI=1S/C15H27N3O3S/c1-11-15(12(2)21-17-11)22(19,20)16-10-14(18(3)4)13-8-6-5-7-9-13/h13-14,16H,5-10H2,1-4H3. The van der Waals surface area contributed by atoms with Gasteiger partial charge in [-0.05, 0) is 46.7 Å². The van der Waals surface area contributed by atoms with E-state index in [0.29, 0.717) is 23.9 Å². The van der Waals surface area contributed by atoms with Gasteiger partial charge in [-0.3, -0.25) is 0 Å². The summed E-state index contributed by atoms with van der Waals surface area (Å²) in [6.45, 7) is 3.69. The number of hydrogen-bond donors (Lipinski definition) is 1. The molecule has 0 saturated heterocycles. The number of rotatable bonds is 6. The zero-order valence-corrected chi connectivity index (χ0v) is 14.7. The Morgan fingerprint density at radius 3 is 2.41 bits per heavy atom. The highest BCUT2D eigenvalue weighted by Crippen LogP contribution is 2.28. The molecule has 126 valence electrons. The van der Waals surface area contributed by atoms with Crippen LogP contribution in [0, 0.1) is 19.8 Å². The summed E-state index contributed by atoms with van der Waals surface area (Å²) in [6, 6.07) is 0.218. The van der Waals surface area contributed by atoms with Crippen LogP contribution in [0.2, 0.25) is 0 Å². The monoisotopic (exact) mass is 329 g/mol. The smallest absolute Gasteiger partial charge is 0.246 e. The Kier molecular flexibility index (Phi) is 5.63. The minimum Gasteiger partial charge on any atom is -0.360 e. The van der Waals surface area contributed by atoms with Gasteiger partial charge in [0.05, 0.1) is 0 Å². The molecule has 22 heavy (non-hydrogen) atoms. The first-order valence-electron chi connectivity index (χ1n) is 7.92. The summed E-state index contributed by atoms with van der Waals surface area (Å²) in [5, 5.41) is 3.73. The zero-order valence-electron chi connectivity index (χ0n) is 13.9. The Labute approximate surface area is 133 Å². The first kappa shape index (κ1) is 17.4. The number of hydrogen-bond acceptors (Lipinski definition) is 5. The van der Waals surface area contributed by atoms with Crippen LogP contribution in [0.5, 0.6) is 0 Å². The second kappa shape index (κ2) is 7.10. The molecular weight excluding hydrogens is 302 g/mol. The molecule has 0 spiro atoms. The van der Waals surface area contributed by atoms with Gasteiger partial charge in [-0.1, -0.05) is 24.4 Å². The fourth-order valence-electron chi connectivity index (χ4n) is 3.42. The largest absolute Gasteiger partial charge is 0.360 e. The third-order valence-electron chi connectivity index (χ3n) is 4.58. The summed E-state index contributed by atoms with van der Waals surface area (Å²) in [5.74, 6) is 0.889. The molecule has 0 radical (unpaired) electrons. The van der Waals surface area contributed by atoms with E-state index in [1.54, 1.807) is 13.8 Å². The van der Waals surface area contributed by atoms with Crippen LogP contribution in [0.1, 0.15) is 43.6 Å². The van der Waals surface area contributed by atoms with E-state index in [-0.39, 0.29) is 10.9 Å². The first-order valence-corrected chi connectivity index (χ1v) is 9.40. The van der Waals surface area contributed by atoms with Gasteiger partial charge in [-0.2, -0.15) is 0 Å². The van der Waals surface area contributed by atoms with Crippen molar-refractivity contribution in [2.45, 2.75) is 56.9 Å². The summed E-state index contributed by atoms with van der Waals surface area (Å²) < 4.78 is 32.8. The Balaban J connectivity index is 2.08. The van der Waals surface area contributed by atoms with Gasteiger partial charge in [-0.15, -0.1) is 0 Å². The van der Waals surface area contributed by atoms with Gasteiger partial charge in [0.25, 0.3) is 0 Å². The Bertz CT molecular complexity index is 570. The molecule has 0 aliphatic heterocycles. The molecule has 1 unspecified atom stereocenters. The predicted octanol–water partition coefficient (Wildman–Crippen LogP) is 2.08. The van der Waals surface area contributed by atoms with Gasteiger partial charge in [0, 0.05) is 12.6 Å². The van der Waals surface area contributed by atoms with E-state index >= 15 is 0 Å². The second-order valence-corrected chi connectivity index (χ2v) is 8.14. The average Bonchev–Trinajstić information content (AvgIpc) is 2.79. The molecule has 1 aromatic rings. The third kappa shape index (κ3) is 3.88. The van der Waals surface area contributed by atoms with E-state index in [4.69, 9.17) is 4.52 Å². The fourth-order valence-corrected chi connectivity index (χ4v) is 4.79. The van der Waals surface area contributed by atoms with Gasteiger partial charge in [0.15, 0.2) is 5.76 Å². The van der Waals surface area contributed by atoms with E-state index in [1.807, 2.05) is 14.1 Å². The molecule has 0 bridgehead atoms. The van der Waals surface area contributed by atoms with E-state index in [1.165, 1.54) is 32.1 Å². The van der Waals surface area contributed by atoms with Crippen LogP contribution in [0.25, 0.3) is 0 Å². The zero-order chi connectivity index (χ0) is 16.3. The minimum atomic E-state index is -3.58. The molecule has 1 aliphatic rings. The topological polar surface area (TPSA) is 75.4 Å². The highest BCUT2D eigenvalue weighted by Gasteiger charge is 2.29. The second-order valence-electron chi connectivity index (χ2n) is 6.43. The van der Waals surface area contributed by atoms with Gasteiger partial charge < -0.3 is 9.42 Å².